The number of benzene rings is 1. The Hall–Kier alpha value is -1.89. The lowest BCUT2D eigenvalue weighted by Crippen LogP contribution is -2.41. The number of piperidine rings is 1. The molecule has 0 bridgehead atoms. The van der Waals surface area contributed by atoms with Gasteiger partial charge in [0.15, 0.2) is 0 Å². The summed E-state index contributed by atoms with van der Waals surface area (Å²) in [7, 11) is 0. The molecule has 1 spiro atoms. The molecule has 2 N–H and O–H groups in total. The lowest BCUT2D eigenvalue weighted by Gasteiger charge is -2.38. The average Bonchev–Trinajstić information content (AvgIpc) is 3.12. The van der Waals surface area contributed by atoms with Crippen molar-refractivity contribution < 1.29 is 9.53 Å². The first-order valence-corrected chi connectivity index (χ1v) is 10.1. The van der Waals surface area contributed by atoms with Crippen molar-refractivity contribution in [3.63, 3.8) is 0 Å². The van der Waals surface area contributed by atoms with Gasteiger partial charge in [-0.2, -0.15) is 0 Å². The highest BCUT2D eigenvalue weighted by Crippen LogP contribution is 2.40. The standard InChI is InChI=1S/C20H22Cl2N4O2/c1-12-15(13-3-2-4-14(21)16(13)22)17(18(23)27)25-19(24-12)26-8-5-20(6-9-26)7-10-28-11-20/h2-4H,5-11H2,1H3,(H2,23,27). The number of halogens is 2. The molecule has 0 aliphatic carbocycles. The molecule has 1 aromatic heterocycles. The maximum absolute atomic E-state index is 12.2. The molecular weight excluding hydrogens is 399 g/mol. The first kappa shape index (κ1) is 19.4. The topological polar surface area (TPSA) is 81.3 Å². The van der Waals surface area contributed by atoms with E-state index in [0.29, 0.717) is 32.8 Å². The lowest BCUT2D eigenvalue weighted by molar-refractivity contribution is 0.0996. The van der Waals surface area contributed by atoms with Crippen LogP contribution in [0.3, 0.4) is 0 Å². The molecule has 4 rings (SSSR count). The number of rotatable bonds is 3. The van der Waals surface area contributed by atoms with Crippen molar-refractivity contribution in [2.75, 3.05) is 31.2 Å². The van der Waals surface area contributed by atoms with E-state index in [4.69, 9.17) is 33.7 Å². The Balaban J connectivity index is 1.70. The molecule has 0 radical (unpaired) electrons. The van der Waals surface area contributed by atoms with Crippen LogP contribution in [0.5, 0.6) is 0 Å². The zero-order valence-corrected chi connectivity index (χ0v) is 17.2. The van der Waals surface area contributed by atoms with Crippen molar-refractivity contribution in [2.24, 2.45) is 11.1 Å². The minimum Gasteiger partial charge on any atom is -0.381 e. The molecule has 2 aliphatic heterocycles. The summed E-state index contributed by atoms with van der Waals surface area (Å²) >= 11 is 12.5. The minimum absolute atomic E-state index is 0.163. The van der Waals surface area contributed by atoms with E-state index in [9.17, 15) is 4.79 Å². The van der Waals surface area contributed by atoms with Gasteiger partial charge in [0.05, 0.1) is 22.3 Å². The van der Waals surface area contributed by atoms with Crippen LogP contribution in [0, 0.1) is 12.3 Å². The number of carbonyl (C=O) groups excluding carboxylic acids is 1. The first-order chi connectivity index (χ1) is 13.4. The second-order valence-corrected chi connectivity index (χ2v) is 8.37. The molecule has 8 heteroatoms. The SMILES string of the molecule is Cc1nc(N2CCC3(CCOC3)CC2)nc(C(N)=O)c1-c1cccc(Cl)c1Cl. The Morgan fingerprint density at radius 1 is 1.21 bits per heavy atom. The Morgan fingerprint density at radius 2 is 1.96 bits per heavy atom. The molecule has 3 heterocycles. The number of aryl methyl sites for hydroxylation is 1. The van der Waals surface area contributed by atoms with Gasteiger partial charge < -0.3 is 15.4 Å². The van der Waals surface area contributed by atoms with Gasteiger partial charge in [0.25, 0.3) is 5.91 Å². The van der Waals surface area contributed by atoms with E-state index in [0.717, 1.165) is 45.6 Å². The predicted octanol–water partition coefficient (Wildman–Crippen LogP) is 3.86. The number of carbonyl (C=O) groups is 1. The van der Waals surface area contributed by atoms with Crippen LogP contribution in [0.4, 0.5) is 5.95 Å². The molecule has 2 aromatic rings. The Bertz CT molecular complexity index is 919. The summed E-state index contributed by atoms with van der Waals surface area (Å²) in [5.41, 5.74) is 7.89. The highest BCUT2D eigenvalue weighted by atomic mass is 35.5. The van der Waals surface area contributed by atoms with Crippen LogP contribution in [0.15, 0.2) is 18.2 Å². The second kappa shape index (κ2) is 7.50. The van der Waals surface area contributed by atoms with Crippen molar-refractivity contribution in [1.82, 2.24) is 9.97 Å². The van der Waals surface area contributed by atoms with Gasteiger partial charge in [-0.15, -0.1) is 0 Å². The van der Waals surface area contributed by atoms with E-state index in [2.05, 4.69) is 14.9 Å². The fourth-order valence-corrected chi connectivity index (χ4v) is 4.52. The van der Waals surface area contributed by atoms with Crippen LogP contribution < -0.4 is 10.6 Å². The van der Waals surface area contributed by atoms with Crippen LogP contribution >= 0.6 is 23.2 Å². The third-order valence-electron chi connectivity index (χ3n) is 5.82. The third kappa shape index (κ3) is 3.45. The van der Waals surface area contributed by atoms with Crippen molar-refractivity contribution in [3.8, 4) is 11.1 Å². The number of amides is 1. The Labute approximate surface area is 174 Å². The van der Waals surface area contributed by atoms with Gasteiger partial charge >= 0.3 is 0 Å². The molecule has 2 aliphatic rings. The molecular formula is C20H22Cl2N4O2. The van der Waals surface area contributed by atoms with Gasteiger partial charge in [0, 0.05) is 30.8 Å². The van der Waals surface area contributed by atoms with Crippen molar-refractivity contribution in [2.45, 2.75) is 26.2 Å². The van der Waals surface area contributed by atoms with Crippen molar-refractivity contribution >= 4 is 35.1 Å². The average molecular weight is 421 g/mol. The quantitative estimate of drug-likeness (QED) is 0.814. The number of ether oxygens (including phenoxy) is 1. The van der Waals surface area contributed by atoms with Crippen LogP contribution in [-0.4, -0.2) is 42.2 Å². The summed E-state index contributed by atoms with van der Waals surface area (Å²) in [6, 6.07) is 5.25. The number of anilines is 1. The van der Waals surface area contributed by atoms with Gasteiger partial charge in [-0.1, -0.05) is 35.3 Å². The lowest BCUT2D eigenvalue weighted by atomic mass is 9.78. The van der Waals surface area contributed by atoms with E-state index >= 15 is 0 Å². The van der Waals surface area contributed by atoms with Crippen LogP contribution in [0.1, 0.15) is 35.4 Å². The van der Waals surface area contributed by atoms with Gasteiger partial charge in [-0.05, 0) is 37.7 Å². The molecule has 2 saturated heterocycles. The molecule has 1 aromatic carbocycles. The van der Waals surface area contributed by atoms with Crippen molar-refractivity contribution in [3.05, 3.63) is 39.6 Å². The molecule has 0 unspecified atom stereocenters. The molecule has 28 heavy (non-hydrogen) atoms. The minimum atomic E-state index is -0.615. The largest absolute Gasteiger partial charge is 0.381 e. The summed E-state index contributed by atoms with van der Waals surface area (Å²) in [4.78, 5) is 23.5. The molecule has 148 valence electrons. The highest BCUT2D eigenvalue weighted by molar-refractivity contribution is 6.43. The molecule has 6 nitrogen and oxygen atoms in total. The normalized spacial score (nSPS) is 18.6. The summed E-state index contributed by atoms with van der Waals surface area (Å²) in [5.74, 6) is -0.0857. The van der Waals surface area contributed by atoms with Crippen molar-refractivity contribution in [1.29, 1.82) is 0 Å². The number of nitrogens with zero attached hydrogens (tertiary/aromatic N) is 3. The monoisotopic (exact) mass is 420 g/mol. The summed E-state index contributed by atoms with van der Waals surface area (Å²) in [6.07, 6.45) is 3.17. The summed E-state index contributed by atoms with van der Waals surface area (Å²) < 4.78 is 5.60. The predicted molar refractivity (Wildman–Crippen MR) is 110 cm³/mol. The Kier molecular flexibility index (Phi) is 5.21. The van der Waals surface area contributed by atoms with Gasteiger partial charge in [-0.3, -0.25) is 4.79 Å². The van der Waals surface area contributed by atoms with Gasteiger partial charge in [0.1, 0.15) is 5.69 Å². The maximum atomic E-state index is 12.2. The third-order valence-corrected chi connectivity index (χ3v) is 6.64. The first-order valence-electron chi connectivity index (χ1n) is 9.36. The zero-order chi connectivity index (χ0) is 19.9. The molecule has 0 saturated carbocycles. The van der Waals surface area contributed by atoms with Crippen LogP contribution in [0.2, 0.25) is 10.0 Å². The molecule has 1 amide bonds. The van der Waals surface area contributed by atoms with Crippen LogP contribution in [0.25, 0.3) is 11.1 Å². The van der Waals surface area contributed by atoms with Gasteiger partial charge in [0.2, 0.25) is 5.95 Å². The molecule has 2 fully saturated rings. The second-order valence-electron chi connectivity index (χ2n) is 7.59. The maximum Gasteiger partial charge on any atom is 0.268 e. The van der Waals surface area contributed by atoms with E-state index < -0.39 is 5.91 Å². The van der Waals surface area contributed by atoms with E-state index in [1.165, 1.54) is 0 Å². The smallest absolute Gasteiger partial charge is 0.268 e. The zero-order valence-electron chi connectivity index (χ0n) is 15.7. The summed E-state index contributed by atoms with van der Waals surface area (Å²) in [5, 5.41) is 0.755. The number of nitrogens with two attached hydrogens (primary N) is 1. The van der Waals surface area contributed by atoms with E-state index in [1.807, 2.05) is 6.92 Å². The molecule has 0 atom stereocenters. The fourth-order valence-electron chi connectivity index (χ4n) is 4.12. The van der Waals surface area contributed by atoms with E-state index in [-0.39, 0.29) is 11.1 Å². The van der Waals surface area contributed by atoms with Gasteiger partial charge in [-0.25, -0.2) is 9.97 Å². The Morgan fingerprint density at radius 3 is 2.61 bits per heavy atom. The number of aromatic nitrogens is 2. The fraction of sp³-hybridized carbons (Fsp3) is 0.450. The summed E-state index contributed by atoms with van der Waals surface area (Å²) in [6.45, 7) is 5.17. The number of hydrogen-bond donors (Lipinski definition) is 1. The highest BCUT2D eigenvalue weighted by Gasteiger charge is 2.38. The number of hydrogen-bond acceptors (Lipinski definition) is 5. The number of primary amides is 1. The van der Waals surface area contributed by atoms with Crippen LogP contribution in [-0.2, 0) is 4.74 Å². The van der Waals surface area contributed by atoms with E-state index in [1.54, 1.807) is 18.2 Å².